The van der Waals surface area contributed by atoms with Crippen LogP contribution in [0.1, 0.15) is 17.5 Å². The Morgan fingerprint density at radius 2 is 2.33 bits per heavy atom. The van der Waals surface area contributed by atoms with Gasteiger partial charge in [-0.2, -0.15) is 0 Å². The average Bonchev–Trinajstić information content (AvgIpc) is 2.56. The van der Waals surface area contributed by atoms with Crippen molar-refractivity contribution in [3.8, 4) is 5.75 Å². The Kier molecular flexibility index (Phi) is 6.37. The summed E-state index contributed by atoms with van der Waals surface area (Å²) in [4.78, 5) is 26.2. The predicted octanol–water partition coefficient (Wildman–Crippen LogP) is 0.996. The number of hydrogen-bond donors (Lipinski definition) is 2. The van der Waals surface area contributed by atoms with E-state index in [1.54, 1.807) is 13.2 Å². The summed E-state index contributed by atoms with van der Waals surface area (Å²) in [5, 5.41) is 5.57. The fourth-order valence-corrected chi connectivity index (χ4v) is 2.88. The molecule has 1 aromatic rings. The lowest BCUT2D eigenvalue weighted by atomic mass is 10.1. The first-order valence-electron chi connectivity index (χ1n) is 8.08. The van der Waals surface area contributed by atoms with Crippen LogP contribution in [0.15, 0.2) is 30.9 Å². The molecule has 0 radical (unpaired) electrons. The van der Waals surface area contributed by atoms with Crippen LogP contribution in [-0.4, -0.2) is 49.5 Å². The number of ether oxygens (including phenoxy) is 1. The largest absolute Gasteiger partial charge is 0.496 e. The zero-order valence-electron chi connectivity index (χ0n) is 14.3. The molecule has 0 aliphatic carbocycles. The van der Waals surface area contributed by atoms with Gasteiger partial charge >= 0.3 is 0 Å². The van der Waals surface area contributed by atoms with Crippen molar-refractivity contribution in [3.63, 3.8) is 0 Å². The van der Waals surface area contributed by atoms with Gasteiger partial charge in [0.2, 0.25) is 11.8 Å². The van der Waals surface area contributed by atoms with Crippen LogP contribution in [0.3, 0.4) is 0 Å². The van der Waals surface area contributed by atoms with Gasteiger partial charge in [-0.15, -0.1) is 6.58 Å². The highest BCUT2D eigenvalue weighted by Crippen LogP contribution is 2.21. The van der Waals surface area contributed by atoms with E-state index in [0.29, 0.717) is 19.6 Å². The van der Waals surface area contributed by atoms with Crippen molar-refractivity contribution in [3.05, 3.63) is 42.0 Å². The number of carbonyl (C=O) groups excluding carboxylic acids is 2. The topological polar surface area (TPSA) is 70.7 Å². The quantitative estimate of drug-likeness (QED) is 0.731. The molecular formula is C18H25N3O3. The van der Waals surface area contributed by atoms with E-state index >= 15 is 0 Å². The van der Waals surface area contributed by atoms with E-state index in [-0.39, 0.29) is 18.2 Å². The summed E-state index contributed by atoms with van der Waals surface area (Å²) in [6.45, 7) is 7.91. The standard InChI is InChI=1S/C18H25N3O3/c1-4-7-19-17(22)11-15-18(23)20-8-9-21(15)12-14-5-6-16(24-3)13(2)10-14/h4-6,10,15H,1,7-9,11-12H2,2-3H3,(H,19,22)(H,20,23). The van der Waals surface area contributed by atoms with Crippen molar-refractivity contribution >= 4 is 11.8 Å². The van der Waals surface area contributed by atoms with Crippen molar-refractivity contribution in [2.75, 3.05) is 26.7 Å². The van der Waals surface area contributed by atoms with Gasteiger partial charge in [-0.05, 0) is 24.1 Å². The Hall–Kier alpha value is -2.34. The van der Waals surface area contributed by atoms with Crippen molar-refractivity contribution in [2.45, 2.75) is 25.9 Å². The second-order valence-corrected chi connectivity index (χ2v) is 5.88. The van der Waals surface area contributed by atoms with E-state index in [1.165, 1.54) is 0 Å². The Morgan fingerprint density at radius 3 is 3.00 bits per heavy atom. The summed E-state index contributed by atoms with van der Waals surface area (Å²) in [5.41, 5.74) is 2.15. The number of nitrogens with one attached hydrogen (secondary N) is 2. The van der Waals surface area contributed by atoms with E-state index in [1.807, 2.05) is 24.0 Å². The zero-order valence-corrected chi connectivity index (χ0v) is 14.3. The lowest BCUT2D eigenvalue weighted by Crippen LogP contribution is -2.56. The Labute approximate surface area is 142 Å². The first kappa shape index (κ1) is 18.0. The third-order valence-corrected chi connectivity index (χ3v) is 4.11. The van der Waals surface area contributed by atoms with E-state index in [9.17, 15) is 9.59 Å². The fraction of sp³-hybridized carbons (Fsp3) is 0.444. The van der Waals surface area contributed by atoms with Gasteiger partial charge in [0.05, 0.1) is 19.6 Å². The summed E-state index contributed by atoms with van der Waals surface area (Å²) in [6.07, 6.45) is 1.77. The molecular weight excluding hydrogens is 306 g/mol. The van der Waals surface area contributed by atoms with Crippen LogP contribution in [0.25, 0.3) is 0 Å². The van der Waals surface area contributed by atoms with Crippen molar-refractivity contribution in [1.29, 1.82) is 0 Å². The maximum absolute atomic E-state index is 12.2. The molecule has 1 fully saturated rings. The van der Waals surface area contributed by atoms with E-state index in [4.69, 9.17) is 4.74 Å². The Morgan fingerprint density at radius 1 is 1.54 bits per heavy atom. The maximum Gasteiger partial charge on any atom is 0.237 e. The van der Waals surface area contributed by atoms with Gasteiger partial charge in [0.1, 0.15) is 5.75 Å². The molecule has 2 amide bonds. The molecule has 0 aromatic heterocycles. The van der Waals surface area contributed by atoms with Crippen LogP contribution < -0.4 is 15.4 Å². The molecule has 1 aromatic carbocycles. The minimum absolute atomic E-state index is 0.0970. The molecule has 24 heavy (non-hydrogen) atoms. The van der Waals surface area contributed by atoms with Gasteiger partial charge in [-0.3, -0.25) is 14.5 Å². The van der Waals surface area contributed by atoms with Crippen LogP contribution in [0, 0.1) is 6.92 Å². The lowest BCUT2D eigenvalue weighted by molar-refractivity contribution is -0.134. The highest BCUT2D eigenvalue weighted by atomic mass is 16.5. The fourth-order valence-electron chi connectivity index (χ4n) is 2.88. The number of nitrogens with zero attached hydrogens (tertiary/aromatic N) is 1. The number of methoxy groups -OCH3 is 1. The molecule has 6 nitrogen and oxygen atoms in total. The summed E-state index contributed by atoms with van der Waals surface area (Å²) in [6, 6.07) is 5.53. The van der Waals surface area contributed by atoms with Crippen LogP contribution >= 0.6 is 0 Å². The summed E-state index contributed by atoms with van der Waals surface area (Å²) in [7, 11) is 1.65. The number of piperazine rings is 1. The van der Waals surface area contributed by atoms with Crippen LogP contribution in [0.5, 0.6) is 5.75 Å². The SMILES string of the molecule is C=CCNC(=O)CC1C(=O)NCCN1Cc1ccc(OC)c(C)c1. The third-order valence-electron chi connectivity index (χ3n) is 4.11. The van der Waals surface area contributed by atoms with Gasteiger partial charge in [-0.1, -0.05) is 18.2 Å². The highest BCUT2D eigenvalue weighted by molar-refractivity contribution is 5.88. The minimum Gasteiger partial charge on any atom is -0.496 e. The number of amides is 2. The number of rotatable bonds is 7. The molecule has 1 aliphatic rings. The molecule has 1 atom stereocenters. The second kappa shape index (κ2) is 8.49. The first-order valence-corrected chi connectivity index (χ1v) is 8.08. The normalized spacial score (nSPS) is 17.9. The zero-order chi connectivity index (χ0) is 17.5. The summed E-state index contributed by atoms with van der Waals surface area (Å²) < 4.78 is 5.28. The monoisotopic (exact) mass is 331 g/mol. The molecule has 0 bridgehead atoms. The van der Waals surface area contributed by atoms with E-state index < -0.39 is 6.04 Å². The maximum atomic E-state index is 12.2. The summed E-state index contributed by atoms with van der Waals surface area (Å²) in [5.74, 6) is 0.601. The van der Waals surface area contributed by atoms with Crippen molar-refractivity contribution in [1.82, 2.24) is 15.5 Å². The van der Waals surface area contributed by atoms with Crippen molar-refractivity contribution < 1.29 is 14.3 Å². The Balaban J connectivity index is 2.07. The number of carbonyl (C=O) groups is 2. The molecule has 2 N–H and O–H groups in total. The first-order chi connectivity index (χ1) is 11.5. The number of benzene rings is 1. The molecule has 2 rings (SSSR count). The van der Waals surface area contributed by atoms with Crippen molar-refractivity contribution in [2.24, 2.45) is 0 Å². The molecule has 0 spiro atoms. The molecule has 130 valence electrons. The van der Waals surface area contributed by atoms with Gasteiger partial charge in [-0.25, -0.2) is 0 Å². The van der Waals surface area contributed by atoms with Crippen LogP contribution in [0.2, 0.25) is 0 Å². The van der Waals surface area contributed by atoms with Crippen LogP contribution in [-0.2, 0) is 16.1 Å². The highest BCUT2D eigenvalue weighted by Gasteiger charge is 2.31. The smallest absolute Gasteiger partial charge is 0.237 e. The Bertz CT molecular complexity index is 616. The molecule has 0 saturated carbocycles. The average molecular weight is 331 g/mol. The lowest BCUT2D eigenvalue weighted by Gasteiger charge is -2.34. The molecule has 6 heteroatoms. The van der Waals surface area contributed by atoms with Gasteiger partial charge in [0.15, 0.2) is 0 Å². The molecule has 1 unspecified atom stereocenters. The van der Waals surface area contributed by atoms with Gasteiger partial charge in [0, 0.05) is 26.2 Å². The third kappa shape index (κ3) is 4.58. The number of hydrogen-bond acceptors (Lipinski definition) is 4. The molecule has 1 aliphatic heterocycles. The van der Waals surface area contributed by atoms with E-state index in [0.717, 1.165) is 23.4 Å². The molecule has 1 heterocycles. The van der Waals surface area contributed by atoms with Gasteiger partial charge < -0.3 is 15.4 Å². The minimum atomic E-state index is -0.453. The molecule has 1 saturated heterocycles. The second-order valence-electron chi connectivity index (χ2n) is 5.88. The predicted molar refractivity (Wildman–Crippen MR) is 92.8 cm³/mol. The van der Waals surface area contributed by atoms with E-state index in [2.05, 4.69) is 23.3 Å². The number of aryl methyl sites for hydroxylation is 1. The summed E-state index contributed by atoms with van der Waals surface area (Å²) >= 11 is 0. The van der Waals surface area contributed by atoms with Crippen LogP contribution in [0.4, 0.5) is 0 Å². The van der Waals surface area contributed by atoms with Gasteiger partial charge in [0.25, 0.3) is 0 Å².